The predicted octanol–water partition coefficient (Wildman–Crippen LogP) is 3.59. The Morgan fingerprint density at radius 1 is 1.31 bits per heavy atom. The number of aryl methyl sites for hydroxylation is 1. The molecule has 0 aromatic carbocycles. The lowest BCUT2D eigenvalue weighted by molar-refractivity contribution is -0.145. The Morgan fingerprint density at radius 2 is 2.08 bits per heavy atom. The van der Waals surface area contributed by atoms with Crippen LogP contribution in [0.2, 0.25) is 0 Å². The second-order valence-electron chi connectivity index (χ2n) is 11.0. The van der Waals surface area contributed by atoms with Gasteiger partial charge in [-0.1, -0.05) is 20.3 Å². The fraction of sp³-hybridized carbons (Fsp3) is 0.692. The van der Waals surface area contributed by atoms with Gasteiger partial charge in [0.1, 0.15) is 17.2 Å². The van der Waals surface area contributed by atoms with Crippen LogP contribution < -0.4 is 10.2 Å². The molecule has 0 spiro atoms. The highest BCUT2D eigenvalue weighted by molar-refractivity contribution is 7.92. The average molecular weight is 564 g/mol. The molecule has 4 atom stereocenters. The van der Waals surface area contributed by atoms with Crippen molar-refractivity contribution >= 4 is 33.4 Å². The molecule has 214 valence electrons. The number of unbranched alkanes of at least 4 members (excludes halogenated alkanes) is 1. The summed E-state index contributed by atoms with van der Waals surface area (Å²) in [5.74, 6) is -0.262. The van der Waals surface area contributed by atoms with Gasteiger partial charge in [0.15, 0.2) is 27.3 Å². The van der Waals surface area contributed by atoms with Crippen molar-refractivity contribution in [2.24, 2.45) is 0 Å². The maximum Gasteiger partial charge on any atom is 0.306 e. The van der Waals surface area contributed by atoms with Gasteiger partial charge in [-0.05, 0) is 45.4 Å². The van der Waals surface area contributed by atoms with Crippen molar-refractivity contribution in [1.82, 2.24) is 25.1 Å². The summed E-state index contributed by atoms with van der Waals surface area (Å²) in [4.78, 5) is 24.6. The number of rotatable bonds is 11. The van der Waals surface area contributed by atoms with Gasteiger partial charge < -0.3 is 15.0 Å². The highest BCUT2D eigenvalue weighted by Crippen LogP contribution is 2.56. The van der Waals surface area contributed by atoms with Crippen molar-refractivity contribution in [1.29, 1.82) is 0 Å². The first-order valence-electron chi connectivity index (χ1n) is 13.8. The highest BCUT2D eigenvalue weighted by Gasteiger charge is 2.66. The highest BCUT2D eigenvalue weighted by atomic mass is 32.2. The number of aromatic nitrogens is 4. The average Bonchev–Trinajstić information content (AvgIpc) is 3.48. The van der Waals surface area contributed by atoms with E-state index in [1.807, 2.05) is 25.8 Å². The third-order valence-electron chi connectivity index (χ3n) is 8.56. The normalized spacial score (nSPS) is 26.1. The molecule has 39 heavy (non-hydrogen) atoms. The standard InChI is InChI=1S/C26H38FN7O4S/c1-5-7-8-22(35)38-15-20-23(27)24(29-21-11-16(3)31-32-21)30-25(28-20)33(4)18-12-17-9-10-26(39(36,37)6-2)14-19(13-18)34(17)26/h11,17-19H,5-10,12-15H2,1-4H3,(H2,28,29,30,31,32)/t17-,18-,19-,26?/m0/s1. The zero-order chi connectivity index (χ0) is 27.9. The third-order valence-corrected chi connectivity index (χ3v) is 11.1. The minimum atomic E-state index is -3.17. The first-order valence-corrected chi connectivity index (χ1v) is 15.5. The summed E-state index contributed by atoms with van der Waals surface area (Å²) >= 11 is 0. The smallest absolute Gasteiger partial charge is 0.306 e. The van der Waals surface area contributed by atoms with Crippen molar-refractivity contribution in [3.63, 3.8) is 0 Å². The van der Waals surface area contributed by atoms with Gasteiger partial charge in [0, 0.05) is 49.1 Å². The van der Waals surface area contributed by atoms with Crippen LogP contribution in [0.4, 0.5) is 22.0 Å². The van der Waals surface area contributed by atoms with Crippen molar-refractivity contribution in [3.05, 3.63) is 23.3 Å². The molecule has 5 rings (SSSR count). The molecule has 3 fully saturated rings. The van der Waals surface area contributed by atoms with Crippen LogP contribution in [-0.2, 0) is 26.0 Å². The number of carbonyl (C=O) groups excluding carboxylic acids is 1. The number of esters is 1. The SMILES string of the molecule is CCCCC(=O)OCc1nc(N(C)[C@H]2C[C@@H]3CCC4(S(=O)(=O)CC)C[C@H](C2)N34)nc(Nc2cc(C)[nH]n2)c1F. The van der Waals surface area contributed by atoms with Crippen LogP contribution in [0.15, 0.2) is 6.07 Å². The number of hydrogen-bond donors (Lipinski definition) is 2. The molecule has 0 radical (unpaired) electrons. The molecule has 5 heterocycles. The van der Waals surface area contributed by atoms with Crippen molar-refractivity contribution in [2.45, 2.75) is 102 Å². The number of aromatic amines is 1. The number of nitrogens with one attached hydrogen (secondary N) is 2. The summed E-state index contributed by atoms with van der Waals surface area (Å²) in [6.45, 7) is 5.25. The zero-order valence-electron chi connectivity index (χ0n) is 23.0. The van der Waals surface area contributed by atoms with E-state index >= 15 is 4.39 Å². The summed E-state index contributed by atoms with van der Waals surface area (Å²) in [6.07, 6.45) is 5.55. The van der Waals surface area contributed by atoms with Crippen LogP contribution in [-0.4, -0.2) is 75.2 Å². The minimum absolute atomic E-state index is 0.0125. The number of sulfone groups is 1. The molecule has 2 aromatic rings. The van der Waals surface area contributed by atoms with Gasteiger partial charge in [0.25, 0.3) is 0 Å². The molecule has 3 aliphatic rings. The van der Waals surface area contributed by atoms with Gasteiger partial charge in [-0.25, -0.2) is 17.8 Å². The van der Waals surface area contributed by atoms with Gasteiger partial charge in [-0.3, -0.25) is 14.8 Å². The van der Waals surface area contributed by atoms with E-state index < -0.39 is 26.5 Å². The van der Waals surface area contributed by atoms with Crippen LogP contribution in [0.5, 0.6) is 0 Å². The Morgan fingerprint density at radius 3 is 2.77 bits per heavy atom. The molecule has 0 saturated carbocycles. The van der Waals surface area contributed by atoms with E-state index in [4.69, 9.17) is 4.74 Å². The van der Waals surface area contributed by atoms with Gasteiger partial charge in [0.2, 0.25) is 5.95 Å². The number of piperidine rings is 1. The Hall–Kier alpha value is -2.80. The van der Waals surface area contributed by atoms with Crippen LogP contribution in [0.3, 0.4) is 0 Å². The number of halogens is 1. The molecule has 2 aromatic heterocycles. The van der Waals surface area contributed by atoms with E-state index in [1.165, 1.54) is 0 Å². The van der Waals surface area contributed by atoms with E-state index in [0.29, 0.717) is 31.0 Å². The molecular weight excluding hydrogens is 525 g/mol. The van der Waals surface area contributed by atoms with Crippen LogP contribution >= 0.6 is 0 Å². The van der Waals surface area contributed by atoms with Crippen molar-refractivity contribution in [2.75, 3.05) is 23.0 Å². The number of anilines is 3. The molecule has 11 nitrogen and oxygen atoms in total. The van der Waals surface area contributed by atoms with Gasteiger partial charge in [-0.15, -0.1) is 0 Å². The maximum absolute atomic E-state index is 15.5. The minimum Gasteiger partial charge on any atom is -0.459 e. The number of H-pyrrole nitrogens is 1. The number of carbonyl (C=O) groups is 1. The van der Waals surface area contributed by atoms with E-state index in [2.05, 4.69) is 30.4 Å². The molecule has 0 aliphatic carbocycles. The van der Waals surface area contributed by atoms with E-state index in [0.717, 1.165) is 31.4 Å². The lowest BCUT2D eigenvalue weighted by atomic mass is 9.82. The van der Waals surface area contributed by atoms with Crippen molar-refractivity contribution in [3.8, 4) is 0 Å². The molecule has 1 unspecified atom stereocenters. The fourth-order valence-electron chi connectivity index (χ4n) is 6.49. The quantitative estimate of drug-likeness (QED) is 0.391. The summed E-state index contributed by atoms with van der Waals surface area (Å²) in [5, 5.41) is 9.86. The van der Waals surface area contributed by atoms with E-state index in [1.54, 1.807) is 13.0 Å². The third kappa shape index (κ3) is 4.99. The molecule has 13 heteroatoms. The predicted molar refractivity (Wildman–Crippen MR) is 145 cm³/mol. The Kier molecular flexibility index (Phi) is 7.57. The second kappa shape index (κ2) is 10.6. The molecule has 0 bridgehead atoms. The molecular formula is C26H38FN7O4S. The lowest BCUT2D eigenvalue weighted by Gasteiger charge is -2.59. The number of hydrogen-bond acceptors (Lipinski definition) is 10. The number of ether oxygens (including phenoxy) is 1. The first-order chi connectivity index (χ1) is 18.6. The molecule has 3 saturated heterocycles. The summed E-state index contributed by atoms with van der Waals surface area (Å²) in [6, 6.07) is 2.15. The summed E-state index contributed by atoms with van der Waals surface area (Å²) in [5.41, 5.74) is 0.792. The van der Waals surface area contributed by atoms with E-state index in [-0.39, 0.29) is 48.4 Å². The van der Waals surface area contributed by atoms with Gasteiger partial charge >= 0.3 is 5.97 Å². The topological polar surface area (TPSA) is 133 Å². The van der Waals surface area contributed by atoms with E-state index in [9.17, 15) is 13.2 Å². The molecule has 2 N–H and O–H groups in total. The molecule has 0 amide bonds. The van der Waals surface area contributed by atoms with Crippen molar-refractivity contribution < 1.29 is 22.3 Å². The number of nitrogens with zero attached hydrogens (tertiary/aromatic N) is 5. The monoisotopic (exact) mass is 563 g/mol. The van der Waals surface area contributed by atoms with Gasteiger partial charge in [0.05, 0.1) is 0 Å². The van der Waals surface area contributed by atoms with Gasteiger partial charge in [-0.2, -0.15) is 10.1 Å². The Bertz CT molecular complexity index is 1340. The Labute approximate surface area is 228 Å². The molecule has 3 aliphatic heterocycles. The van der Waals surface area contributed by atoms with Crippen LogP contribution in [0.25, 0.3) is 0 Å². The Balaban J connectivity index is 1.38. The van der Waals surface area contributed by atoms with Crippen LogP contribution in [0, 0.1) is 12.7 Å². The summed E-state index contributed by atoms with van der Waals surface area (Å²) < 4.78 is 46.7. The largest absolute Gasteiger partial charge is 0.459 e. The summed E-state index contributed by atoms with van der Waals surface area (Å²) in [7, 11) is -1.28. The lowest BCUT2D eigenvalue weighted by Crippen LogP contribution is -2.71. The van der Waals surface area contributed by atoms with Crippen LogP contribution in [0.1, 0.15) is 76.6 Å². The second-order valence-corrected chi connectivity index (χ2v) is 13.6. The zero-order valence-corrected chi connectivity index (χ0v) is 23.9. The maximum atomic E-state index is 15.5. The first kappa shape index (κ1) is 27.8. The fourth-order valence-corrected chi connectivity index (χ4v) is 8.52.